The minimum atomic E-state index is -0.627. The Morgan fingerprint density at radius 1 is 1.16 bits per heavy atom. The van der Waals surface area contributed by atoms with Crippen molar-refractivity contribution in [1.29, 1.82) is 0 Å². The molecular formula is C20H26ClNO3. The van der Waals surface area contributed by atoms with Crippen LogP contribution in [0.2, 0.25) is 5.02 Å². The van der Waals surface area contributed by atoms with Gasteiger partial charge in [-0.05, 0) is 56.7 Å². The summed E-state index contributed by atoms with van der Waals surface area (Å²) in [6.45, 7) is 2.67. The largest absolute Gasteiger partial charge is 0.455 e. The molecule has 0 N–H and O–H groups in total. The number of rotatable bonds is 4. The quantitative estimate of drug-likeness (QED) is 0.757. The number of benzene rings is 1. The molecule has 4 nitrogen and oxygen atoms in total. The van der Waals surface area contributed by atoms with E-state index >= 15 is 0 Å². The SMILES string of the molecule is C[C@@H]1CCCCN1C(=O)COC(=O)C1(c2ccc(Cl)cc2)CCCC1. The van der Waals surface area contributed by atoms with Crippen LogP contribution in [0.15, 0.2) is 24.3 Å². The van der Waals surface area contributed by atoms with Crippen LogP contribution >= 0.6 is 11.6 Å². The summed E-state index contributed by atoms with van der Waals surface area (Å²) in [5, 5.41) is 0.652. The van der Waals surface area contributed by atoms with Crippen LogP contribution in [-0.4, -0.2) is 36.0 Å². The van der Waals surface area contributed by atoms with Crippen LogP contribution in [0.25, 0.3) is 0 Å². The highest BCUT2D eigenvalue weighted by molar-refractivity contribution is 6.30. The smallest absolute Gasteiger partial charge is 0.317 e. The van der Waals surface area contributed by atoms with Crippen molar-refractivity contribution in [2.75, 3.05) is 13.2 Å². The molecule has 136 valence electrons. The molecule has 2 fully saturated rings. The van der Waals surface area contributed by atoms with Crippen LogP contribution in [0.3, 0.4) is 0 Å². The van der Waals surface area contributed by atoms with E-state index in [1.54, 1.807) is 0 Å². The lowest BCUT2D eigenvalue weighted by Crippen LogP contribution is -2.45. The Kier molecular flexibility index (Phi) is 5.67. The summed E-state index contributed by atoms with van der Waals surface area (Å²) < 4.78 is 5.51. The minimum absolute atomic E-state index is 0.0789. The second kappa shape index (κ2) is 7.77. The molecule has 1 aromatic carbocycles. The van der Waals surface area contributed by atoms with Crippen LogP contribution in [0.4, 0.5) is 0 Å². The second-order valence-electron chi connectivity index (χ2n) is 7.30. The van der Waals surface area contributed by atoms with E-state index in [-0.39, 0.29) is 24.5 Å². The van der Waals surface area contributed by atoms with Crippen molar-refractivity contribution >= 4 is 23.5 Å². The van der Waals surface area contributed by atoms with Gasteiger partial charge in [-0.2, -0.15) is 0 Å². The van der Waals surface area contributed by atoms with Gasteiger partial charge in [0.25, 0.3) is 5.91 Å². The molecule has 1 saturated carbocycles. The molecule has 0 spiro atoms. The van der Waals surface area contributed by atoms with Gasteiger partial charge in [-0.15, -0.1) is 0 Å². The van der Waals surface area contributed by atoms with Crippen molar-refractivity contribution in [2.24, 2.45) is 0 Å². The van der Waals surface area contributed by atoms with Crippen molar-refractivity contribution in [3.05, 3.63) is 34.9 Å². The highest BCUT2D eigenvalue weighted by Gasteiger charge is 2.44. The number of hydrogen-bond acceptors (Lipinski definition) is 3. The molecule has 0 bridgehead atoms. The Morgan fingerprint density at radius 3 is 2.48 bits per heavy atom. The average Bonchev–Trinajstić information content (AvgIpc) is 3.11. The maximum Gasteiger partial charge on any atom is 0.317 e. The minimum Gasteiger partial charge on any atom is -0.455 e. The standard InChI is InChI=1S/C20H26ClNO3/c1-15-6-2-5-13-22(15)18(23)14-25-19(24)20(11-3-4-12-20)16-7-9-17(21)10-8-16/h7-10,15H,2-6,11-14H2,1H3/t15-/m1/s1. The van der Waals surface area contributed by atoms with E-state index in [1.165, 1.54) is 0 Å². The first-order chi connectivity index (χ1) is 12.0. The Labute approximate surface area is 154 Å². The molecule has 1 saturated heterocycles. The summed E-state index contributed by atoms with van der Waals surface area (Å²) in [6.07, 6.45) is 6.73. The summed E-state index contributed by atoms with van der Waals surface area (Å²) >= 11 is 5.98. The monoisotopic (exact) mass is 363 g/mol. The van der Waals surface area contributed by atoms with Gasteiger partial charge in [0.1, 0.15) is 0 Å². The molecule has 0 radical (unpaired) electrons. The number of piperidine rings is 1. The molecule has 0 unspecified atom stereocenters. The zero-order valence-corrected chi connectivity index (χ0v) is 15.6. The van der Waals surface area contributed by atoms with E-state index in [4.69, 9.17) is 16.3 Å². The van der Waals surface area contributed by atoms with Crippen molar-refractivity contribution in [3.63, 3.8) is 0 Å². The lowest BCUT2D eigenvalue weighted by Gasteiger charge is -2.34. The summed E-state index contributed by atoms with van der Waals surface area (Å²) in [4.78, 5) is 27.2. The average molecular weight is 364 g/mol. The molecule has 1 heterocycles. The van der Waals surface area contributed by atoms with E-state index in [9.17, 15) is 9.59 Å². The van der Waals surface area contributed by atoms with Gasteiger partial charge in [0.2, 0.25) is 0 Å². The molecule has 1 atom stereocenters. The Morgan fingerprint density at radius 2 is 1.84 bits per heavy atom. The molecule has 3 rings (SSSR count). The summed E-state index contributed by atoms with van der Waals surface area (Å²) in [6, 6.07) is 7.67. The van der Waals surface area contributed by atoms with Crippen molar-refractivity contribution in [2.45, 2.75) is 63.3 Å². The van der Waals surface area contributed by atoms with Crippen molar-refractivity contribution in [1.82, 2.24) is 4.90 Å². The maximum atomic E-state index is 12.9. The van der Waals surface area contributed by atoms with Gasteiger partial charge in [-0.3, -0.25) is 9.59 Å². The number of carbonyl (C=O) groups is 2. The van der Waals surface area contributed by atoms with Crippen molar-refractivity contribution in [3.8, 4) is 0 Å². The highest BCUT2D eigenvalue weighted by atomic mass is 35.5. The third kappa shape index (κ3) is 3.84. The number of carbonyl (C=O) groups excluding carboxylic acids is 2. The Balaban J connectivity index is 1.67. The zero-order chi connectivity index (χ0) is 17.9. The first-order valence-corrected chi connectivity index (χ1v) is 9.63. The molecule has 1 aliphatic heterocycles. The Hall–Kier alpha value is -1.55. The zero-order valence-electron chi connectivity index (χ0n) is 14.8. The van der Waals surface area contributed by atoms with Gasteiger partial charge in [0.05, 0.1) is 5.41 Å². The van der Waals surface area contributed by atoms with Gasteiger partial charge < -0.3 is 9.64 Å². The van der Waals surface area contributed by atoms with E-state index < -0.39 is 5.41 Å². The first kappa shape index (κ1) is 18.2. The predicted octanol–water partition coefficient (Wildman–Crippen LogP) is 4.10. The number of hydrogen-bond donors (Lipinski definition) is 0. The summed E-state index contributed by atoms with van der Waals surface area (Å²) in [5.74, 6) is -0.352. The molecule has 1 aliphatic carbocycles. The lowest BCUT2D eigenvalue weighted by atomic mass is 9.79. The van der Waals surface area contributed by atoms with E-state index in [0.717, 1.165) is 57.1 Å². The molecule has 2 aliphatic rings. The number of halogens is 1. The number of esters is 1. The van der Waals surface area contributed by atoms with E-state index in [1.807, 2.05) is 29.2 Å². The number of ether oxygens (including phenoxy) is 1. The van der Waals surface area contributed by atoms with Crippen LogP contribution in [0.1, 0.15) is 57.4 Å². The molecule has 1 aromatic rings. The van der Waals surface area contributed by atoms with Gasteiger partial charge >= 0.3 is 5.97 Å². The third-order valence-electron chi connectivity index (χ3n) is 5.69. The Bertz CT molecular complexity index is 622. The molecule has 5 heteroatoms. The van der Waals surface area contributed by atoms with Gasteiger partial charge in [-0.25, -0.2) is 0 Å². The van der Waals surface area contributed by atoms with Crippen LogP contribution < -0.4 is 0 Å². The van der Waals surface area contributed by atoms with Crippen LogP contribution in [0, 0.1) is 0 Å². The first-order valence-electron chi connectivity index (χ1n) is 9.26. The van der Waals surface area contributed by atoms with E-state index in [0.29, 0.717) is 5.02 Å². The predicted molar refractivity (Wildman–Crippen MR) is 97.6 cm³/mol. The number of nitrogens with zero attached hydrogens (tertiary/aromatic N) is 1. The van der Waals surface area contributed by atoms with Gasteiger partial charge in [0.15, 0.2) is 6.61 Å². The van der Waals surface area contributed by atoms with Crippen LogP contribution in [0.5, 0.6) is 0 Å². The van der Waals surface area contributed by atoms with Crippen LogP contribution in [-0.2, 0) is 19.7 Å². The maximum absolute atomic E-state index is 12.9. The summed E-state index contributed by atoms with van der Waals surface area (Å²) in [7, 11) is 0. The van der Waals surface area contributed by atoms with Gasteiger partial charge in [-0.1, -0.05) is 36.6 Å². The molecule has 25 heavy (non-hydrogen) atoms. The lowest BCUT2D eigenvalue weighted by molar-refractivity contribution is -0.158. The van der Waals surface area contributed by atoms with Crippen molar-refractivity contribution < 1.29 is 14.3 Å². The fourth-order valence-electron chi connectivity index (χ4n) is 4.18. The van der Waals surface area contributed by atoms with E-state index in [2.05, 4.69) is 6.92 Å². The molecular weight excluding hydrogens is 338 g/mol. The fraction of sp³-hybridized carbons (Fsp3) is 0.600. The number of amides is 1. The topological polar surface area (TPSA) is 46.6 Å². The second-order valence-corrected chi connectivity index (χ2v) is 7.74. The summed E-state index contributed by atoms with van der Waals surface area (Å²) in [5.41, 5.74) is 0.316. The molecule has 0 aromatic heterocycles. The molecule has 1 amide bonds. The highest BCUT2D eigenvalue weighted by Crippen LogP contribution is 2.42. The van der Waals surface area contributed by atoms with Gasteiger partial charge in [0, 0.05) is 17.6 Å². The third-order valence-corrected chi connectivity index (χ3v) is 5.95. The normalized spacial score (nSPS) is 22.6. The fourth-order valence-corrected chi connectivity index (χ4v) is 4.30. The number of likely N-dealkylation sites (tertiary alicyclic amines) is 1.